The second-order valence-electron chi connectivity index (χ2n) is 6.58. The summed E-state index contributed by atoms with van der Waals surface area (Å²) >= 11 is 0. The molecule has 2 aliphatic rings. The smallest absolute Gasteiger partial charge is 0.318 e. The maximum absolute atomic E-state index is 14.8. The fraction of sp³-hybridized carbons (Fsp3) is 0.333. The molecule has 0 saturated carbocycles. The molecule has 8 heteroatoms. The van der Waals surface area contributed by atoms with Crippen molar-refractivity contribution in [3.63, 3.8) is 0 Å². The molecule has 1 aromatic carbocycles. The van der Waals surface area contributed by atoms with Gasteiger partial charge < -0.3 is 19.7 Å². The van der Waals surface area contributed by atoms with Crippen molar-refractivity contribution in [2.45, 2.75) is 18.2 Å². The fourth-order valence-corrected chi connectivity index (χ4v) is 3.42. The van der Waals surface area contributed by atoms with Gasteiger partial charge in [0.1, 0.15) is 5.82 Å². The van der Waals surface area contributed by atoms with Crippen molar-refractivity contribution in [1.82, 2.24) is 15.6 Å². The third-order valence-corrected chi connectivity index (χ3v) is 4.75. The summed E-state index contributed by atoms with van der Waals surface area (Å²) in [5.41, 5.74) is 0.0490. The molecule has 3 heterocycles. The summed E-state index contributed by atoms with van der Waals surface area (Å²) in [6.45, 7) is 0. The van der Waals surface area contributed by atoms with E-state index in [0.717, 1.165) is 5.82 Å². The van der Waals surface area contributed by atoms with E-state index in [9.17, 15) is 9.18 Å². The topological polar surface area (TPSA) is 75.7 Å². The fourth-order valence-electron chi connectivity index (χ4n) is 3.42. The van der Waals surface area contributed by atoms with Crippen LogP contribution in [0.2, 0.25) is 0 Å². The first kappa shape index (κ1) is 16.4. The third kappa shape index (κ3) is 2.40. The number of nitrogens with one attached hydrogen (secondary N) is 2. The number of urea groups is 1. The van der Waals surface area contributed by atoms with Crippen molar-refractivity contribution in [3.8, 4) is 11.5 Å². The number of ether oxygens (including phenoxy) is 2. The highest BCUT2D eigenvalue weighted by atomic mass is 19.1. The average Bonchev–Trinajstić information content (AvgIpc) is 2.62. The quantitative estimate of drug-likeness (QED) is 0.880. The highest BCUT2D eigenvalue weighted by Gasteiger charge is 2.49. The summed E-state index contributed by atoms with van der Waals surface area (Å²) in [6.07, 6.45) is 2.06. The van der Waals surface area contributed by atoms with E-state index in [1.807, 2.05) is 31.1 Å². The van der Waals surface area contributed by atoms with Gasteiger partial charge in [0.05, 0.1) is 13.2 Å². The number of nitrogens with zero attached hydrogens (tertiary/aromatic N) is 2. The molecule has 7 nitrogen and oxygen atoms in total. The molecule has 0 aliphatic carbocycles. The Morgan fingerprint density at radius 3 is 2.81 bits per heavy atom. The molecule has 0 radical (unpaired) electrons. The Morgan fingerprint density at radius 2 is 2.15 bits per heavy atom. The minimum atomic E-state index is -1.19. The van der Waals surface area contributed by atoms with E-state index in [0.29, 0.717) is 17.5 Å². The van der Waals surface area contributed by atoms with Crippen LogP contribution in [0, 0.1) is 5.82 Å². The van der Waals surface area contributed by atoms with E-state index >= 15 is 0 Å². The Hall–Kier alpha value is -3.03. The van der Waals surface area contributed by atoms with Gasteiger partial charge in [0, 0.05) is 37.8 Å². The van der Waals surface area contributed by atoms with E-state index in [-0.39, 0.29) is 23.6 Å². The summed E-state index contributed by atoms with van der Waals surface area (Å²) in [6, 6.07) is 6.15. The first-order chi connectivity index (χ1) is 12.4. The molecule has 2 bridgehead atoms. The highest BCUT2D eigenvalue weighted by molar-refractivity contribution is 5.77. The highest BCUT2D eigenvalue weighted by Crippen LogP contribution is 2.47. The maximum Gasteiger partial charge on any atom is 0.318 e. The second kappa shape index (κ2) is 5.76. The number of aromatic nitrogens is 1. The van der Waals surface area contributed by atoms with E-state index in [1.165, 1.54) is 13.2 Å². The van der Waals surface area contributed by atoms with Crippen LogP contribution in [0.3, 0.4) is 0 Å². The largest absolute Gasteiger partial charge is 0.494 e. The molecule has 4 rings (SSSR count). The third-order valence-electron chi connectivity index (χ3n) is 4.75. The zero-order valence-electron chi connectivity index (χ0n) is 14.7. The number of pyridine rings is 1. The van der Waals surface area contributed by atoms with Gasteiger partial charge in [-0.15, -0.1) is 0 Å². The molecule has 1 fully saturated rings. The summed E-state index contributed by atoms with van der Waals surface area (Å²) in [4.78, 5) is 18.5. The number of fused-ring (bicyclic) bond motifs is 4. The Labute approximate surface area is 150 Å². The molecule has 2 atom stereocenters. The number of rotatable bonds is 3. The summed E-state index contributed by atoms with van der Waals surface area (Å²) in [5.74, 6) is 0.344. The molecule has 136 valence electrons. The van der Waals surface area contributed by atoms with Gasteiger partial charge in [-0.25, -0.2) is 9.78 Å². The van der Waals surface area contributed by atoms with Crippen molar-refractivity contribution < 1.29 is 18.7 Å². The normalized spacial score (nSPS) is 23.2. The van der Waals surface area contributed by atoms with Crippen molar-refractivity contribution in [2.24, 2.45) is 0 Å². The van der Waals surface area contributed by atoms with Gasteiger partial charge in [0.2, 0.25) is 11.5 Å². The van der Waals surface area contributed by atoms with Gasteiger partial charge in [-0.05, 0) is 24.3 Å². The number of amides is 2. The van der Waals surface area contributed by atoms with Crippen molar-refractivity contribution in [1.29, 1.82) is 0 Å². The van der Waals surface area contributed by atoms with Crippen LogP contribution in [0.25, 0.3) is 0 Å². The molecule has 0 spiro atoms. The van der Waals surface area contributed by atoms with Crippen LogP contribution in [-0.2, 0) is 5.72 Å². The number of carbonyl (C=O) groups excluding carboxylic acids is 1. The molecule has 2 aliphatic heterocycles. The SMILES string of the molecule is COc1ccc2c(c1F)OC1(c3ccc(N(C)C)nc3)CC2NC(=O)N1. The lowest BCUT2D eigenvalue weighted by Gasteiger charge is -2.46. The standard InChI is InChI=1S/C18H19FN4O3/c1-23(2)14-7-4-10(9-20-14)18-8-12(21-17(24)22-18)11-5-6-13(25-3)15(19)16(11)26-18/h4-7,9,12H,8H2,1-3H3,(H2,21,22,24). The van der Waals surface area contributed by atoms with Crippen LogP contribution in [0.4, 0.5) is 15.0 Å². The van der Waals surface area contributed by atoms with Crippen molar-refractivity contribution in [3.05, 3.63) is 47.4 Å². The average molecular weight is 358 g/mol. The van der Waals surface area contributed by atoms with Crippen LogP contribution in [0.1, 0.15) is 23.6 Å². The van der Waals surface area contributed by atoms with Crippen LogP contribution in [0.15, 0.2) is 30.5 Å². The number of anilines is 1. The molecular weight excluding hydrogens is 339 g/mol. The molecular formula is C18H19FN4O3. The Morgan fingerprint density at radius 1 is 1.35 bits per heavy atom. The van der Waals surface area contributed by atoms with Gasteiger partial charge in [0.15, 0.2) is 11.5 Å². The van der Waals surface area contributed by atoms with Gasteiger partial charge in [-0.2, -0.15) is 4.39 Å². The number of benzene rings is 1. The zero-order valence-corrected chi connectivity index (χ0v) is 14.7. The molecule has 2 amide bonds. The molecule has 26 heavy (non-hydrogen) atoms. The van der Waals surface area contributed by atoms with Gasteiger partial charge in [-0.3, -0.25) is 5.32 Å². The van der Waals surface area contributed by atoms with E-state index in [2.05, 4.69) is 15.6 Å². The first-order valence-corrected chi connectivity index (χ1v) is 8.21. The maximum atomic E-state index is 14.8. The van der Waals surface area contributed by atoms with Crippen molar-refractivity contribution in [2.75, 3.05) is 26.1 Å². The van der Waals surface area contributed by atoms with Gasteiger partial charge in [-0.1, -0.05) is 0 Å². The lowest BCUT2D eigenvalue weighted by atomic mass is 9.87. The van der Waals surface area contributed by atoms with E-state index < -0.39 is 11.5 Å². The molecule has 1 aromatic heterocycles. The Bertz CT molecular complexity index is 871. The number of hydrogen-bond acceptors (Lipinski definition) is 5. The summed E-state index contributed by atoms with van der Waals surface area (Å²) < 4.78 is 25.9. The number of carbonyl (C=O) groups is 1. The predicted molar refractivity (Wildman–Crippen MR) is 92.8 cm³/mol. The van der Waals surface area contributed by atoms with Crippen LogP contribution in [0.5, 0.6) is 11.5 Å². The summed E-state index contributed by atoms with van der Waals surface area (Å²) in [7, 11) is 5.17. The molecule has 2 unspecified atom stereocenters. The Balaban J connectivity index is 1.82. The van der Waals surface area contributed by atoms with E-state index in [1.54, 1.807) is 12.3 Å². The number of halogens is 1. The van der Waals surface area contributed by atoms with Crippen LogP contribution in [-0.4, -0.2) is 32.2 Å². The lowest BCUT2D eigenvalue weighted by Crippen LogP contribution is -2.62. The van der Waals surface area contributed by atoms with Crippen molar-refractivity contribution >= 4 is 11.8 Å². The second-order valence-corrected chi connectivity index (χ2v) is 6.58. The molecule has 1 saturated heterocycles. The van der Waals surface area contributed by atoms with Gasteiger partial charge >= 0.3 is 6.03 Å². The van der Waals surface area contributed by atoms with E-state index in [4.69, 9.17) is 9.47 Å². The lowest BCUT2D eigenvalue weighted by molar-refractivity contribution is -0.0134. The van der Waals surface area contributed by atoms with Crippen LogP contribution >= 0.6 is 0 Å². The number of hydrogen-bond donors (Lipinski definition) is 2. The van der Waals surface area contributed by atoms with Gasteiger partial charge in [0.25, 0.3) is 0 Å². The minimum absolute atomic E-state index is 0.0739. The summed E-state index contributed by atoms with van der Waals surface area (Å²) in [5, 5.41) is 5.63. The first-order valence-electron chi connectivity index (χ1n) is 8.21. The molecule has 2 N–H and O–H groups in total. The number of methoxy groups -OCH3 is 1. The Kier molecular flexibility index (Phi) is 3.64. The zero-order chi connectivity index (χ0) is 18.5. The molecule has 2 aromatic rings. The minimum Gasteiger partial charge on any atom is -0.494 e. The predicted octanol–water partition coefficient (Wildman–Crippen LogP) is 2.28. The monoisotopic (exact) mass is 358 g/mol. The van der Waals surface area contributed by atoms with Crippen LogP contribution < -0.4 is 25.0 Å².